The van der Waals surface area contributed by atoms with Crippen molar-refractivity contribution in [2.75, 3.05) is 17.7 Å². The number of ether oxygens (including phenoxy) is 1. The minimum Gasteiger partial charge on any atom is -0.451 e. The van der Waals surface area contributed by atoms with Gasteiger partial charge in [0.25, 0.3) is 5.91 Å². The van der Waals surface area contributed by atoms with Gasteiger partial charge in [-0.1, -0.05) is 42.5 Å². The number of rotatable bonds is 6. The molecule has 3 rings (SSSR count). The lowest BCUT2D eigenvalue weighted by Gasteiger charge is -2.11. The molecule has 0 saturated carbocycles. The maximum Gasteiger partial charge on any atom is 0.361 e. The van der Waals surface area contributed by atoms with Crippen molar-refractivity contribution < 1.29 is 19.1 Å². The summed E-state index contributed by atoms with van der Waals surface area (Å²) in [6, 6.07) is 15.3. The lowest BCUT2D eigenvalue weighted by atomic mass is 10.0. The molecule has 8 nitrogen and oxygen atoms in total. The Labute approximate surface area is 160 Å². The van der Waals surface area contributed by atoms with E-state index in [2.05, 4.69) is 15.3 Å². The fourth-order valence-electron chi connectivity index (χ4n) is 2.43. The van der Waals surface area contributed by atoms with E-state index in [0.29, 0.717) is 16.8 Å². The molecule has 0 bridgehead atoms. The van der Waals surface area contributed by atoms with Gasteiger partial charge in [-0.2, -0.15) is 0 Å². The first kappa shape index (κ1) is 18.7. The predicted molar refractivity (Wildman–Crippen MR) is 102 cm³/mol. The van der Waals surface area contributed by atoms with Crippen LogP contribution in [0.2, 0.25) is 0 Å². The summed E-state index contributed by atoms with van der Waals surface area (Å²) in [4.78, 5) is 44.3. The molecule has 1 amide bonds. The van der Waals surface area contributed by atoms with Crippen LogP contribution in [0.3, 0.4) is 0 Å². The summed E-state index contributed by atoms with van der Waals surface area (Å²) < 4.78 is 4.91. The van der Waals surface area contributed by atoms with Gasteiger partial charge in [0.15, 0.2) is 23.9 Å². The Bertz CT molecular complexity index is 1020. The van der Waals surface area contributed by atoms with E-state index in [9.17, 15) is 14.4 Å². The molecule has 0 unspecified atom stereocenters. The number of para-hydroxylation sites is 1. The molecule has 3 aromatic rings. The summed E-state index contributed by atoms with van der Waals surface area (Å²) in [5.74, 6) is -1.80. The van der Waals surface area contributed by atoms with Crippen LogP contribution in [-0.2, 0) is 9.53 Å². The smallest absolute Gasteiger partial charge is 0.361 e. The van der Waals surface area contributed by atoms with Crippen molar-refractivity contribution >= 4 is 29.2 Å². The molecule has 0 aliphatic carbocycles. The molecular formula is C20H16N4O4. The van der Waals surface area contributed by atoms with Gasteiger partial charge in [-0.15, -0.1) is 0 Å². The van der Waals surface area contributed by atoms with Gasteiger partial charge in [0, 0.05) is 23.5 Å². The van der Waals surface area contributed by atoms with Crippen molar-refractivity contribution in [3.63, 3.8) is 0 Å². The van der Waals surface area contributed by atoms with Gasteiger partial charge in [0.2, 0.25) is 0 Å². The number of esters is 1. The summed E-state index contributed by atoms with van der Waals surface area (Å²) >= 11 is 0. The van der Waals surface area contributed by atoms with Crippen LogP contribution in [0, 0.1) is 0 Å². The van der Waals surface area contributed by atoms with Crippen LogP contribution in [0.4, 0.5) is 11.5 Å². The fraction of sp³-hybridized carbons (Fsp3) is 0.0500. The summed E-state index contributed by atoms with van der Waals surface area (Å²) in [5, 5.41) is 2.58. The third kappa shape index (κ3) is 4.36. The number of nitrogens with one attached hydrogen (secondary N) is 1. The second-order valence-electron chi connectivity index (χ2n) is 5.66. The van der Waals surface area contributed by atoms with Crippen LogP contribution >= 0.6 is 0 Å². The van der Waals surface area contributed by atoms with Crippen molar-refractivity contribution in [3.8, 4) is 0 Å². The second kappa shape index (κ2) is 8.54. The Morgan fingerprint density at radius 1 is 0.929 bits per heavy atom. The molecule has 0 fully saturated rings. The molecule has 0 atom stereocenters. The van der Waals surface area contributed by atoms with E-state index in [1.807, 2.05) is 6.07 Å². The number of nitrogen functional groups attached to an aromatic ring is 1. The lowest BCUT2D eigenvalue weighted by molar-refractivity contribution is -0.119. The van der Waals surface area contributed by atoms with Gasteiger partial charge in [0.1, 0.15) is 0 Å². The fourth-order valence-corrected chi connectivity index (χ4v) is 2.43. The monoisotopic (exact) mass is 376 g/mol. The standard InChI is InChI=1S/C20H16N4O4/c21-19-17(22-10-11-23-19)20(27)28-12-16(25)24-15-9-5-4-8-14(15)18(26)13-6-2-1-3-7-13/h1-11H,12H2,(H2,21,23)(H,24,25). The molecule has 0 saturated heterocycles. The predicted octanol–water partition coefficient (Wildman–Crippen LogP) is 2.09. The van der Waals surface area contributed by atoms with Crippen LogP contribution in [0.1, 0.15) is 26.4 Å². The molecule has 0 aliphatic heterocycles. The Morgan fingerprint density at radius 3 is 2.36 bits per heavy atom. The van der Waals surface area contributed by atoms with Gasteiger partial charge in [-0.25, -0.2) is 14.8 Å². The zero-order valence-corrected chi connectivity index (χ0v) is 14.7. The van der Waals surface area contributed by atoms with Gasteiger partial charge in [-0.05, 0) is 12.1 Å². The summed E-state index contributed by atoms with van der Waals surface area (Å²) in [7, 11) is 0. The molecule has 1 aromatic heterocycles. The topological polar surface area (TPSA) is 124 Å². The number of nitrogens with zero attached hydrogens (tertiary/aromatic N) is 2. The van der Waals surface area contributed by atoms with Gasteiger partial charge >= 0.3 is 5.97 Å². The number of amides is 1. The molecule has 140 valence electrons. The quantitative estimate of drug-likeness (QED) is 0.498. The molecule has 3 N–H and O–H groups in total. The third-order valence-electron chi connectivity index (χ3n) is 3.74. The van der Waals surface area contributed by atoms with E-state index < -0.39 is 18.5 Å². The van der Waals surface area contributed by atoms with Crippen molar-refractivity contribution in [2.45, 2.75) is 0 Å². The van der Waals surface area contributed by atoms with E-state index in [4.69, 9.17) is 10.5 Å². The minimum absolute atomic E-state index is 0.0910. The van der Waals surface area contributed by atoms with Crippen LogP contribution in [0.25, 0.3) is 0 Å². The Morgan fingerprint density at radius 2 is 1.61 bits per heavy atom. The van der Waals surface area contributed by atoms with Crippen molar-refractivity contribution in [1.29, 1.82) is 0 Å². The van der Waals surface area contributed by atoms with E-state index >= 15 is 0 Å². The number of hydrogen-bond acceptors (Lipinski definition) is 7. The van der Waals surface area contributed by atoms with Crippen molar-refractivity contribution in [2.24, 2.45) is 0 Å². The molecule has 28 heavy (non-hydrogen) atoms. The van der Waals surface area contributed by atoms with Gasteiger partial charge < -0.3 is 15.8 Å². The van der Waals surface area contributed by atoms with Crippen LogP contribution in [0.5, 0.6) is 0 Å². The highest BCUT2D eigenvalue weighted by Gasteiger charge is 2.18. The zero-order valence-electron chi connectivity index (χ0n) is 14.7. The SMILES string of the molecule is Nc1nccnc1C(=O)OCC(=O)Nc1ccccc1C(=O)c1ccccc1. The Hall–Kier alpha value is -4.07. The number of carbonyl (C=O) groups excluding carboxylic acids is 3. The largest absolute Gasteiger partial charge is 0.451 e. The number of nitrogens with two attached hydrogens (primary N) is 1. The molecule has 0 aliphatic rings. The normalized spacial score (nSPS) is 10.1. The maximum atomic E-state index is 12.7. The first-order chi connectivity index (χ1) is 13.6. The van der Waals surface area contributed by atoms with Gasteiger partial charge in [0.05, 0.1) is 5.69 Å². The highest BCUT2D eigenvalue weighted by atomic mass is 16.5. The summed E-state index contributed by atoms with van der Waals surface area (Å²) in [6.07, 6.45) is 2.62. The number of ketones is 1. The average Bonchev–Trinajstić information content (AvgIpc) is 2.73. The van der Waals surface area contributed by atoms with E-state index in [1.165, 1.54) is 12.4 Å². The maximum absolute atomic E-state index is 12.7. The van der Waals surface area contributed by atoms with Crippen molar-refractivity contribution in [3.05, 3.63) is 83.8 Å². The second-order valence-corrected chi connectivity index (χ2v) is 5.66. The van der Waals surface area contributed by atoms with Crippen LogP contribution in [-0.4, -0.2) is 34.2 Å². The molecule has 0 spiro atoms. The number of anilines is 2. The van der Waals surface area contributed by atoms with E-state index in [1.54, 1.807) is 48.5 Å². The molecular weight excluding hydrogens is 360 g/mol. The van der Waals surface area contributed by atoms with Crippen LogP contribution < -0.4 is 11.1 Å². The third-order valence-corrected chi connectivity index (χ3v) is 3.74. The van der Waals surface area contributed by atoms with E-state index in [-0.39, 0.29) is 17.3 Å². The highest BCUT2D eigenvalue weighted by molar-refractivity contribution is 6.14. The summed E-state index contributed by atoms with van der Waals surface area (Å²) in [5.41, 5.74) is 6.51. The molecule has 1 heterocycles. The highest BCUT2D eigenvalue weighted by Crippen LogP contribution is 2.19. The molecule has 2 aromatic carbocycles. The lowest BCUT2D eigenvalue weighted by Crippen LogP contribution is -2.23. The van der Waals surface area contributed by atoms with Crippen molar-refractivity contribution in [1.82, 2.24) is 9.97 Å². The first-order valence-corrected chi connectivity index (χ1v) is 8.28. The Kier molecular flexibility index (Phi) is 5.71. The number of carbonyl (C=O) groups is 3. The number of aromatic nitrogens is 2. The average molecular weight is 376 g/mol. The number of hydrogen-bond donors (Lipinski definition) is 2. The minimum atomic E-state index is -0.866. The number of benzene rings is 2. The van der Waals surface area contributed by atoms with Gasteiger partial charge in [-0.3, -0.25) is 9.59 Å². The van der Waals surface area contributed by atoms with Crippen LogP contribution in [0.15, 0.2) is 67.0 Å². The molecule has 0 radical (unpaired) electrons. The van der Waals surface area contributed by atoms with E-state index in [0.717, 1.165) is 0 Å². The zero-order chi connectivity index (χ0) is 19.9. The molecule has 8 heteroatoms. The Balaban J connectivity index is 1.67. The summed E-state index contributed by atoms with van der Waals surface area (Å²) in [6.45, 7) is -0.567. The first-order valence-electron chi connectivity index (χ1n) is 8.28.